The molecule has 2 heterocycles. The Morgan fingerprint density at radius 2 is 2.00 bits per heavy atom. The number of piperidine rings is 2. The van der Waals surface area contributed by atoms with Crippen LogP contribution in [-0.2, 0) is 4.74 Å². The molecule has 0 aromatic carbocycles. The van der Waals surface area contributed by atoms with Crippen LogP contribution in [0.4, 0.5) is 0 Å². The molecule has 0 amide bonds. The molecule has 4 heteroatoms. The Hall–Kier alpha value is -0.160. The van der Waals surface area contributed by atoms with Crippen LogP contribution in [0.25, 0.3) is 0 Å². The van der Waals surface area contributed by atoms with E-state index in [9.17, 15) is 0 Å². The van der Waals surface area contributed by atoms with Gasteiger partial charge in [0.2, 0.25) is 0 Å². The zero-order valence-electron chi connectivity index (χ0n) is 12.1. The van der Waals surface area contributed by atoms with Gasteiger partial charge in [-0.3, -0.25) is 0 Å². The van der Waals surface area contributed by atoms with E-state index in [0.29, 0.717) is 30.1 Å². The molecule has 19 heavy (non-hydrogen) atoms. The molecule has 2 saturated heterocycles. The lowest BCUT2D eigenvalue weighted by molar-refractivity contribution is 0.0293. The molecule has 3 rings (SSSR count). The molecule has 1 aliphatic carbocycles. The van der Waals surface area contributed by atoms with Gasteiger partial charge in [0.05, 0.1) is 6.10 Å². The third kappa shape index (κ3) is 2.97. The number of fused-ring (bicyclic) bond motifs is 1. The van der Waals surface area contributed by atoms with Crippen molar-refractivity contribution in [2.75, 3.05) is 20.2 Å². The fourth-order valence-electron chi connectivity index (χ4n) is 4.44. The first kappa shape index (κ1) is 13.8. The van der Waals surface area contributed by atoms with E-state index in [-0.39, 0.29) is 0 Å². The van der Waals surface area contributed by atoms with Crippen LogP contribution in [0.1, 0.15) is 38.5 Å². The van der Waals surface area contributed by atoms with E-state index in [1.54, 1.807) is 0 Å². The highest BCUT2D eigenvalue weighted by atomic mass is 16.5. The number of hydrogen-bond donors (Lipinski definition) is 3. The lowest BCUT2D eigenvalue weighted by atomic mass is 9.73. The Kier molecular flexibility index (Phi) is 4.42. The van der Waals surface area contributed by atoms with Crippen LogP contribution >= 0.6 is 0 Å². The summed E-state index contributed by atoms with van der Waals surface area (Å²) in [6.45, 7) is 2.23. The van der Waals surface area contributed by atoms with E-state index >= 15 is 0 Å². The molecule has 0 aromatic heterocycles. The minimum atomic E-state index is 0.368. The van der Waals surface area contributed by atoms with Crippen molar-refractivity contribution in [3.8, 4) is 0 Å². The Labute approximate surface area is 116 Å². The van der Waals surface area contributed by atoms with Crippen LogP contribution in [0.5, 0.6) is 0 Å². The van der Waals surface area contributed by atoms with Gasteiger partial charge in [0, 0.05) is 37.7 Å². The first-order valence-electron chi connectivity index (χ1n) is 8.03. The Bertz CT molecular complexity index is 299. The number of hydrogen-bond acceptors (Lipinski definition) is 4. The lowest BCUT2D eigenvalue weighted by Gasteiger charge is -2.47. The lowest BCUT2D eigenvalue weighted by Crippen LogP contribution is -2.63. The summed E-state index contributed by atoms with van der Waals surface area (Å²) < 4.78 is 5.58. The maximum Gasteiger partial charge on any atom is 0.0574 e. The second kappa shape index (κ2) is 6.08. The molecule has 3 fully saturated rings. The Morgan fingerprint density at radius 3 is 2.84 bits per heavy atom. The molecule has 0 bridgehead atoms. The fourth-order valence-corrected chi connectivity index (χ4v) is 4.44. The molecule has 6 atom stereocenters. The van der Waals surface area contributed by atoms with Crippen LogP contribution in [0.2, 0.25) is 0 Å². The molecule has 2 aliphatic heterocycles. The van der Waals surface area contributed by atoms with Gasteiger partial charge in [0.15, 0.2) is 0 Å². The number of methoxy groups -OCH3 is 1. The van der Waals surface area contributed by atoms with Gasteiger partial charge in [-0.1, -0.05) is 6.42 Å². The Balaban J connectivity index is 1.62. The highest BCUT2D eigenvalue weighted by molar-refractivity contribution is 4.99. The minimum Gasteiger partial charge on any atom is -0.381 e. The van der Waals surface area contributed by atoms with Crippen LogP contribution < -0.4 is 16.4 Å². The normalized spacial score (nSPS) is 47.7. The van der Waals surface area contributed by atoms with Crippen molar-refractivity contribution in [2.24, 2.45) is 17.6 Å². The predicted octanol–water partition coefficient (Wildman–Crippen LogP) is 0.859. The molecular weight excluding hydrogens is 238 g/mol. The summed E-state index contributed by atoms with van der Waals surface area (Å²) in [6.07, 6.45) is 7.96. The zero-order chi connectivity index (χ0) is 13.2. The van der Waals surface area contributed by atoms with Gasteiger partial charge in [-0.05, 0) is 44.6 Å². The van der Waals surface area contributed by atoms with Gasteiger partial charge in [0.1, 0.15) is 0 Å². The first-order valence-corrected chi connectivity index (χ1v) is 8.03. The maximum atomic E-state index is 6.44. The monoisotopic (exact) mass is 267 g/mol. The van der Waals surface area contributed by atoms with E-state index in [0.717, 1.165) is 25.4 Å². The molecule has 0 radical (unpaired) electrons. The van der Waals surface area contributed by atoms with E-state index in [1.165, 1.54) is 32.1 Å². The molecule has 0 aromatic rings. The molecule has 6 unspecified atom stereocenters. The topological polar surface area (TPSA) is 59.3 Å². The number of rotatable bonds is 2. The van der Waals surface area contributed by atoms with Crippen molar-refractivity contribution in [1.29, 1.82) is 0 Å². The standard InChI is InChI=1S/C15H29N3O/c1-19-11-4-2-3-10(7-11)15-8-13(16)12-9-17-6-5-14(12)18-15/h10-15,17-18H,2-9,16H2,1H3. The van der Waals surface area contributed by atoms with Gasteiger partial charge < -0.3 is 21.1 Å². The molecule has 4 nitrogen and oxygen atoms in total. The summed E-state index contributed by atoms with van der Waals surface area (Å²) >= 11 is 0. The molecule has 4 N–H and O–H groups in total. The van der Waals surface area contributed by atoms with Crippen molar-refractivity contribution in [3.05, 3.63) is 0 Å². The second-order valence-electron chi connectivity index (χ2n) is 6.72. The molecule has 110 valence electrons. The largest absolute Gasteiger partial charge is 0.381 e. The fraction of sp³-hybridized carbons (Fsp3) is 1.00. The molecule has 1 saturated carbocycles. The summed E-state index contributed by atoms with van der Waals surface area (Å²) in [5.41, 5.74) is 6.44. The third-order valence-electron chi connectivity index (χ3n) is 5.60. The van der Waals surface area contributed by atoms with Crippen LogP contribution in [0.15, 0.2) is 0 Å². The minimum absolute atomic E-state index is 0.368. The van der Waals surface area contributed by atoms with Crippen molar-refractivity contribution in [3.63, 3.8) is 0 Å². The number of nitrogens with two attached hydrogens (primary N) is 1. The molecule has 3 aliphatic rings. The maximum absolute atomic E-state index is 6.44. The second-order valence-corrected chi connectivity index (χ2v) is 6.72. The smallest absolute Gasteiger partial charge is 0.0574 e. The summed E-state index contributed by atoms with van der Waals surface area (Å²) in [5, 5.41) is 7.41. The van der Waals surface area contributed by atoms with Gasteiger partial charge >= 0.3 is 0 Å². The van der Waals surface area contributed by atoms with E-state index in [2.05, 4.69) is 10.6 Å². The summed E-state index contributed by atoms with van der Waals surface area (Å²) in [6, 6.07) is 1.62. The van der Waals surface area contributed by atoms with E-state index < -0.39 is 0 Å². The highest BCUT2D eigenvalue weighted by Crippen LogP contribution is 2.34. The summed E-state index contributed by atoms with van der Waals surface area (Å²) in [7, 11) is 1.86. The zero-order valence-corrected chi connectivity index (χ0v) is 12.1. The van der Waals surface area contributed by atoms with Crippen LogP contribution in [0.3, 0.4) is 0 Å². The first-order chi connectivity index (χ1) is 9.28. The summed E-state index contributed by atoms with van der Waals surface area (Å²) in [4.78, 5) is 0. The van der Waals surface area contributed by atoms with Gasteiger partial charge in [-0.15, -0.1) is 0 Å². The van der Waals surface area contributed by atoms with Gasteiger partial charge in [-0.25, -0.2) is 0 Å². The molecular formula is C15H29N3O. The quantitative estimate of drug-likeness (QED) is 0.694. The SMILES string of the molecule is COC1CCCC(C2CC(N)C3CNCCC3N2)C1. The van der Waals surface area contributed by atoms with Crippen LogP contribution in [0, 0.1) is 11.8 Å². The van der Waals surface area contributed by atoms with Crippen molar-refractivity contribution >= 4 is 0 Å². The van der Waals surface area contributed by atoms with Crippen molar-refractivity contribution in [1.82, 2.24) is 10.6 Å². The van der Waals surface area contributed by atoms with Crippen molar-refractivity contribution < 1.29 is 4.74 Å². The molecule has 0 spiro atoms. The third-order valence-corrected chi connectivity index (χ3v) is 5.60. The summed E-state index contributed by atoms with van der Waals surface area (Å²) in [5.74, 6) is 1.40. The van der Waals surface area contributed by atoms with E-state index in [4.69, 9.17) is 10.5 Å². The van der Waals surface area contributed by atoms with Gasteiger partial charge in [0.25, 0.3) is 0 Å². The Morgan fingerprint density at radius 1 is 1.11 bits per heavy atom. The predicted molar refractivity (Wildman–Crippen MR) is 77.0 cm³/mol. The van der Waals surface area contributed by atoms with Gasteiger partial charge in [-0.2, -0.15) is 0 Å². The number of nitrogens with one attached hydrogen (secondary N) is 2. The average Bonchev–Trinajstić information content (AvgIpc) is 2.47. The van der Waals surface area contributed by atoms with Crippen LogP contribution in [-0.4, -0.2) is 44.4 Å². The van der Waals surface area contributed by atoms with Crippen molar-refractivity contribution in [2.45, 2.75) is 62.8 Å². The average molecular weight is 267 g/mol. The number of ether oxygens (including phenoxy) is 1. The highest BCUT2D eigenvalue weighted by Gasteiger charge is 2.40. The van der Waals surface area contributed by atoms with E-state index in [1.807, 2.05) is 7.11 Å².